The summed E-state index contributed by atoms with van der Waals surface area (Å²) in [7, 11) is 0. The van der Waals surface area contributed by atoms with Gasteiger partial charge in [0.15, 0.2) is 0 Å². The number of hydrogen-bond donors (Lipinski definition) is 1. The highest BCUT2D eigenvalue weighted by molar-refractivity contribution is 5.84. The van der Waals surface area contributed by atoms with Crippen LogP contribution in [-0.4, -0.2) is 24.0 Å². The maximum absolute atomic E-state index is 11.6. The maximum Gasteiger partial charge on any atom is 0.223 e. The van der Waals surface area contributed by atoms with Gasteiger partial charge in [-0.2, -0.15) is 0 Å². The van der Waals surface area contributed by atoms with Crippen molar-refractivity contribution in [1.82, 2.24) is 10.3 Å². The van der Waals surface area contributed by atoms with Crippen molar-refractivity contribution in [1.29, 1.82) is 0 Å². The molecule has 0 bridgehead atoms. The number of rotatable bonds is 4. The van der Waals surface area contributed by atoms with Crippen molar-refractivity contribution in [3.05, 3.63) is 36.5 Å². The third-order valence-electron chi connectivity index (χ3n) is 3.85. The second-order valence-electron chi connectivity index (χ2n) is 5.32. The molecule has 2 aromatic rings. The van der Waals surface area contributed by atoms with Crippen molar-refractivity contribution in [2.45, 2.75) is 19.3 Å². The Kier molecular flexibility index (Phi) is 4.55. The van der Waals surface area contributed by atoms with Crippen LogP contribution in [0.3, 0.4) is 0 Å². The Morgan fingerprint density at radius 1 is 1.27 bits per heavy atom. The van der Waals surface area contributed by atoms with Gasteiger partial charge in [0.25, 0.3) is 0 Å². The molecule has 0 radical (unpaired) electrons. The summed E-state index contributed by atoms with van der Waals surface area (Å²) < 4.78 is 5.66. The number of nitrogens with zero attached hydrogens (tertiary/aromatic N) is 1. The summed E-state index contributed by atoms with van der Waals surface area (Å²) >= 11 is 0. The number of benzene rings is 1. The summed E-state index contributed by atoms with van der Waals surface area (Å²) in [4.78, 5) is 15.9. The first-order valence-corrected chi connectivity index (χ1v) is 7.54. The second-order valence-corrected chi connectivity index (χ2v) is 5.32. The van der Waals surface area contributed by atoms with Crippen LogP contribution in [0.2, 0.25) is 0 Å². The summed E-state index contributed by atoms with van der Waals surface area (Å²) in [5, 5.41) is 3.87. The van der Waals surface area contributed by atoms with E-state index in [0.29, 0.717) is 6.54 Å². The minimum atomic E-state index is 0.125. The molecule has 0 saturated heterocycles. The molecule has 1 heterocycles. The number of para-hydroxylation sites is 1. The molecule has 0 spiro atoms. The molecule has 112 valence electrons. The number of carbonyl (C=O) groups excluding carboxylic acids is 1. The lowest BCUT2D eigenvalue weighted by Gasteiger charge is -2.23. The zero-order chi connectivity index (χ0) is 15.2. The topological polar surface area (TPSA) is 51.2 Å². The molecule has 0 aliphatic heterocycles. The molecule has 1 aromatic heterocycles. The van der Waals surface area contributed by atoms with E-state index in [9.17, 15) is 4.79 Å². The molecular weight excluding hydrogens is 276 g/mol. The van der Waals surface area contributed by atoms with E-state index >= 15 is 0 Å². The molecule has 0 atom stereocenters. The van der Waals surface area contributed by atoms with E-state index in [1.807, 2.05) is 30.3 Å². The standard InChI is InChI=1S/C18H18N2O2/c21-18(15-7-3-8-15)20-11-1-2-13-22-16-10-4-6-14-9-5-12-19-17(14)16/h4-6,9-10,12,15H,3,7-8,11,13H2,(H,20,21). The maximum atomic E-state index is 11.6. The van der Waals surface area contributed by atoms with Gasteiger partial charge < -0.3 is 10.1 Å². The van der Waals surface area contributed by atoms with Gasteiger partial charge in [0, 0.05) is 17.5 Å². The molecule has 1 N–H and O–H groups in total. The van der Waals surface area contributed by atoms with Crippen LogP contribution < -0.4 is 10.1 Å². The fourth-order valence-corrected chi connectivity index (χ4v) is 2.37. The summed E-state index contributed by atoms with van der Waals surface area (Å²) in [5.74, 6) is 6.89. The Balaban J connectivity index is 1.48. The largest absolute Gasteiger partial charge is 0.479 e. The zero-order valence-electron chi connectivity index (χ0n) is 12.3. The van der Waals surface area contributed by atoms with E-state index in [-0.39, 0.29) is 18.4 Å². The fourth-order valence-electron chi connectivity index (χ4n) is 2.37. The van der Waals surface area contributed by atoms with Gasteiger partial charge in [-0.25, -0.2) is 0 Å². The van der Waals surface area contributed by atoms with Gasteiger partial charge in [-0.05, 0) is 25.0 Å². The van der Waals surface area contributed by atoms with Crippen molar-refractivity contribution in [2.24, 2.45) is 5.92 Å². The van der Waals surface area contributed by atoms with Crippen LogP contribution in [0.15, 0.2) is 36.5 Å². The molecule has 22 heavy (non-hydrogen) atoms. The van der Waals surface area contributed by atoms with Gasteiger partial charge in [-0.1, -0.05) is 36.5 Å². The molecule has 4 nitrogen and oxygen atoms in total. The number of ether oxygens (including phenoxy) is 1. The Bertz CT molecular complexity index is 721. The van der Waals surface area contributed by atoms with Gasteiger partial charge in [-0.3, -0.25) is 9.78 Å². The van der Waals surface area contributed by atoms with Crippen molar-refractivity contribution >= 4 is 16.8 Å². The summed E-state index contributed by atoms with van der Waals surface area (Å²) in [6.07, 6.45) is 4.93. The fraction of sp³-hybridized carbons (Fsp3) is 0.333. The molecule has 1 saturated carbocycles. The second kappa shape index (κ2) is 6.95. The zero-order valence-corrected chi connectivity index (χ0v) is 12.3. The monoisotopic (exact) mass is 294 g/mol. The third kappa shape index (κ3) is 3.37. The molecule has 0 unspecified atom stereocenters. The summed E-state index contributed by atoms with van der Waals surface area (Å²) in [6, 6.07) is 9.71. The number of hydrogen-bond acceptors (Lipinski definition) is 3. The molecule has 3 rings (SSSR count). The first-order valence-electron chi connectivity index (χ1n) is 7.54. The van der Waals surface area contributed by atoms with Crippen molar-refractivity contribution < 1.29 is 9.53 Å². The lowest BCUT2D eigenvalue weighted by atomic mass is 9.85. The number of carbonyl (C=O) groups is 1. The van der Waals surface area contributed by atoms with Gasteiger partial charge >= 0.3 is 0 Å². The van der Waals surface area contributed by atoms with Crippen LogP contribution in [0, 0.1) is 17.8 Å². The quantitative estimate of drug-likeness (QED) is 0.882. The van der Waals surface area contributed by atoms with Crippen LogP contribution in [0.25, 0.3) is 10.9 Å². The first-order chi connectivity index (χ1) is 10.8. The minimum absolute atomic E-state index is 0.125. The predicted molar refractivity (Wildman–Crippen MR) is 85.4 cm³/mol. The Morgan fingerprint density at radius 3 is 2.95 bits per heavy atom. The first kappa shape index (κ1) is 14.4. The molecule has 1 fully saturated rings. The summed E-state index contributed by atoms with van der Waals surface area (Å²) in [6.45, 7) is 0.668. The third-order valence-corrected chi connectivity index (χ3v) is 3.85. The minimum Gasteiger partial charge on any atom is -0.479 e. The lowest BCUT2D eigenvalue weighted by Crippen LogP contribution is -2.34. The van der Waals surface area contributed by atoms with Crippen molar-refractivity contribution in [3.8, 4) is 17.6 Å². The van der Waals surface area contributed by atoms with Crippen LogP contribution in [-0.2, 0) is 4.79 Å². The number of amides is 1. The molecule has 1 aromatic carbocycles. The highest BCUT2D eigenvalue weighted by atomic mass is 16.5. The number of pyridine rings is 1. The molecule has 1 aliphatic rings. The molecule has 4 heteroatoms. The summed E-state index contributed by atoms with van der Waals surface area (Å²) in [5.41, 5.74) is 0.838. The predicted octanol–water partition coefficient (Wildman–Crippen LogP) is 2.53. The van der Waals surface area contributed by atoms with Gasteiger partial charge in [0.2, 0.25) is 5.91 Å². The van der Waals surface area contributed by atoms with E-state index in [1.54, 1.807) is 6.20 Å². The number of aromatic nitrogens is 1. The Hall–Kier alpha value is -2.54. The highest BCUT2D eigenvalue weighted by Gasteiger charge is 2.24. The normalized spacial score (nSPS) is 13.8. The number of fused-ring (bicyclic) bond motifs is 1. The molecule has 1 aliphatic carbocycles. The highest BCUT2D eigenvalue weighted by Crippen LogP contribution is 2.26. The smallest absolute Gasteiger partial charge is 0.223 e. The number of nitrogens with one attached hydrogen (secondary N) is 1. The van der Waals surface area contributed by atoms with Crippen LogP contribution in [0.5, 0.6) is 5.75 Å². The van der Waals surface area contributed by atoms with E-state index in [0.717, 1.165) is 35.9 Å². The van der Waals surface area contributed by atoms with Gasteiger partial charge in [-0.15, -0.1) is 0 Å². The lowest BCUT2D eigenvalue weighted by molar-refractivity contribution is -0.127. The van der Waals surface area contributed by atoms with E-state index in [2.05, 4.69) is 22.1 Å². The Morgan fingerprint density at radius 2 is 2.14 bits per heavy atom. The van der Waals surface area contributed by atoms with Crippen LogP contribution >= 0.6 is 0 Å². The SMILES string of the molecule is O=C(NCC#CCOc1cccc2cccnc12)C1CCC1. The van der Waals surface area contributed by atoms with Crippen molar-refractivity contribution in [3.63, 3.8) is 0 Å². The molecular formula is C18H18N2O2. The van der Waals surface area contributed by atoms with E-state index in [4.69, 9.17) is 4.74 Å². The molecule has 1 amide bonds. The van der Waals surface area contributed by atoms with E-state index in [1.165, 1.54) is 0 Å². The Labute approximate surface area is 129 Å². The van der Waals surface area contributed by atoms with Crippen LogP contribution in [0.4, 0.5) is 0 Å². The van der Waals surface area contributed by atoms with Crippen molar-refractivity contribution in [2.75, 3.05) is 13.2 Å². The van der Waals surface area contributed by atoms with Gasteiger partial charge in [0.05, 0.1) is 6.54 Å². The van der Waals surface area contributed by atoms with E-state index < -0.39 is 0 Å². The average Bonchev–Trinajstić information content (AvgIpc) is 2.49. The van der Waals surface area contributed by atoms with Crippen LogP contribution in [0.1, 0.15) is 19.3 Å². The average molecular weight is 294 g/mol. The van der Waals surface area contributed by atoms with Gasteiger partial charge in [0.1, 0.15) is 17.9 Å².